The van der Waals surface area contributed by atoms with Gasteiger partial charge in [-0.1, -0.05) is 0 Å². The van der Waals surface area contributed by atoms with E-state index in [2.05, 4.69) is 15.6 Å². The molecule has 0 unspecified atom stereocenters. The van der Waals surface area contributed by atoms with Crippen LogP contribution in [0.15, 0.2) is 42.7 Å². The number of anilines is 2. The first kappa shape index (κ1) is 13.9. The van der Waals surface area contributed by atoms with Crippen LogP contribution in [0.3, 0.4) is 0 Å². The summed E-state index contributed by atoms with van der Waals surface area (Å²) in [6, 6.07) is 9.07. The predicted molar refractivity (Wildman–Crippen MR) is 80.4 cm³/mol. The van der Waals surface area contributed by atoms with Gasteiger partial charge in [-0.25, -0.2) is 0 Å². The van der Waals surface area contributed by atoms with Crippen molar-refractivity contribution in [2.24, 2.45) is 0 Å². The minimum Gasteiger partial charge on any atom is -0.399 e. The van der Waals surface area contributed by atoms with Gasteiger partial charge in [-0.2, -0.15) is 0 Å². The molecule has 2 rings (SSSR count). The van der Waals surface area contributed by atoms with E-state index in [4.69, 9.17) is 5.73 Å². The monoisotopic (exact) mass is 270 g/mol. The highest BCUT2D eigenvalue weighted by Gasteiger charge is 2.10. The maximum absolute atomic E-state index is 12.0. The first-order valence-corrected chi connectivity index (χ1v) is 6.51. The van der Waals surface area contributed by atoms with Crippen molar-refractivity contribution >= 4 is 17.3 Å². The van der Waals surface area contributed by atoms with E-state index < -0.39 is 0 Å². The number of carbonyl (C=O) groups excluding carboxylic acids is 1. The van der Waals surface area contributed by atoms with Crippen LogP contribution in [-0.2, 0) is 6.54 Å². The highest BCUT2D eigenvalue weighted by Crippen LogP contribution is 2.20. The summed E-state index contributed by atoms with van der Waals surface area (Å²) in [4.78, 5) is 16.0. The van der Waals surface area contributed by atoms with Gasteiger partial charge < -0.3 is 16.4 Å². The zero-order chi connectivity index (χ0) is 14.4. The number of aromatic nitrogens is 1. The number of amides is 1. The van der Waals surface area contributed by atoms with Gasteiger partial charge in [0, 0.05) is 36.9 Å². The van der Waals surface area contributed by atoms with Crippen molar-refractivity contribution in [2.75, 3.05) is 17.6 Å². The van der Waals surface area contributed by atoms with Gasteiger partial charge in [0.2, 0.25) is 0 Å². The molecule has 0 atom stereocenters. The topological polar surface area (TPSA) is 80.0 Å². The van der Waals surface area contributed by atoms with Crippen molar-refractivity contribution in [3.05, 3.63) is 53.9 Å². The van der Waals surface area contributed by atoms with E-state index in [1.807, 2.05) is 19.1 Å². The maximum Gasteiger partial charge on any atom is 0.253 e. The average Bonchev–Trinajstić information content (AvgIpc) is 2.46. The molecule has 2 aromatic rings. The Morgan fingerprint density at radius 2 is 2.00 bits per heavy atom. The Morgan fingerprint density at radius 1 is 1.25 bits per heavy atom. The molecule has 0 radical (unpaired) electrons. The van der Waals surface area contributed by atoms with Crippen LogP contribution in [0.2, 0.25) is 0 Å². The van der Waals surface area contributed by atoms with Crippen molar-refractivity contribution in [3.63, 3.8) is 0 Å². The molecule has 1 aromatic heterocycles. The molecule has 5 nitrogen and oxygen atoms in total. The maximum atomic E-state index is 12.0. The van der Waals surface area contributed by atoms with Gasteiger partial charge in [0.25, 0.3) is 5.91 Å². The summed E-state index contributed by atoms with van der Waals surface area (Å²) in [5.74, 6) is -0.107. The number of hydrogen-bond donors (Lipinski definition) is 3. The van der Waals surface area contributed by atoms with Gasteiger partial charge >= 0.3 is 0 Å². The molecule has 0 aliphatic rings. The average molecular weight is 270 g/mol. The summed E-state index contributed by atoms with van der Waals surface area (Å²) < 4.78 is 0. The van der Waals surface area contributed by atoms with Gasteiger partial charge in [0.15, 0.2) is 0 Å². The Kier molecular flexibility index (Phi) is 4.55. The Hall–Kier alpha value is -2.56. The number of nitrogens with one attached hydrogen (secondary N) is 2. The molecule has 1 heterocycles. The second-order valence-corrected chi connectivity index (χ2v) is 4.37. The molecular weight excluding hydrogens is 252 g/mol. The summed E-state index contributed by atoms with van der Waals surface area (Å²) in [7, 11) is 0. The van der Waals surface area contributed by atoms with E-state index >= 15 is 0 Å². The SMILES string of the molecule is CCNC(=O)c1ccc(N)cc1NCc1ccncc1. The standard InChI is InChI=1S/C15H18N4O/c1-2-18-15(20)13-4-3-12(16)9-14(13)19-10-11-5-7-17-8-6-11/h3-9,19H,2,10,16H2,1H3,(H,18,20). The summed E-state index contributed by atoms with van der Waals surface area (Å²) in [6.45, 7) is 3.09. The van der Waals surface area contributed by atoms with Gasteiger partial charge in [-0.3, -0.25) is 9.78 Å². The lowest BCUT2D eigenvalue weighted by atomic mass is 10.1. The third kappa shape index (κ3) is 3.47. The minimum absolute atomic E-state index is 0.107. The summed E-state index contributed by atoms with van der Waals surface area (Å²) in [6.07, 6.45) is 3.47. The van der Waals surface area contributed by atoms with Crippen LogP contribution in [-0.4, -0.2) is 17.4 Å². The number of nitrogen functional groups attached to an aromatic ring is 1. The van der Waals surface area contributed by atoms with Crippen LogP contribution in [0, 0.1) is 0 Å². The van der Waals surface area contributed by atoms with E-state index in [0.717, 1.165) is 11.3 Å². The third-order valence-electron chi connectivity index (χ3n) is 2.86. The van der Waals surface area contributed by atoms with Gasteiger partial charge in [0.1, 0.15) is 0 Å². The van der Waals surface area contributed by atoms with Crippen LogP contribution in [0.1, 0.15) is 22.8 Å². The number of rotatable bonds is 5. The molecule has 0 saturated carbocycles. The zero-order valence-corrected chi connectivity index (χ0v) is 11.4. The lowest BCUT2D eigenvalue weighted by molar-refractivity contribution is 0.0956. The first-order valence-electron chi connectivity index (χ1n) is 6.51. The molecule has 4 N–H and O–H groups in total. The Balaban J connectivity index is 2.17. The smallest absolute Gasteiger partial charge is 0.253 e. The molecule has 0 saturated heterocycles. The second-order valence-electron chi connectivity index (χ2n) is 4.37. The van der Waals surface area contributed by atoms with Gasteiger partial charge in [-0.05, 0) is 42.8 Å². The largest absolute Gasteiger partial charge is 0.399 e. The number of nitrogens with zero attached hydrogens (tertiary/aromatic N) is 1. The van der Waals surface area contributed by atoms with E-state index in [-0.39, 0.29) is 5.91 Å². The van der Waals surface area contributed by atoms with E-state index in [0.29, 0.717) is 24.3 Å². The number of hydrogen-bond acceptors (Lipinski definition) is 4. The minimum atomic E-state index is -0.107. The molecule has 5 heteroatoms. The van der Waals surface area contributed by atoms with Crippen LogP contribution in [0.5, 0.6) is 0 Å². The van der Waals surface area contributed by atoms with Crippen molar-refractivity contribution in [1.82, 2.24) is 10.3 Å². The van der Waals surface area contributed by atoms with Crippen molar-refractivity contribution < 1.29 is 4.79 Å². The molecule has 0 aliphatic heterocycles. The molecule has 0 spiro atoms. The highest BCUT2D eigenvalue weighted by atomic mass is 16.1. The normalized spacial score (nSPS) is 10.1. The molecule has 1 aromatic carbocycles. The first-order chi connectivity index (χ1) is 9.70. The molecule has 0 fully saturated rings. The van der Waals surface area contributed by atoms with Crippen molar-refractivity contribution in [1.29, 1.82) is 0 Å². The number of nitrogens with two attached hydrogens (primary N) is 1. The van der Waals surface area contributed by atoms with E-state index in [1.54, 1.807) is 30.6 Å². The molecule has 104 valence electrons. The molecular formula is C15H18N4O. The molecule has 0 bridgehead atoms. The fourth-order valence-electron chi connectivity index (χ4n) is 1.86. The fraction of sp³-hybridized carbons (Fsp3) is 0.200. The zero-order valence-electron chi connectivity index (χ0n) is 11.4. The number of carbonyl (C=O) groups is 1. The van der Waals surface area contributed by atoms with Crippen molar-refractivity contribution in [3.8, 4) is 0 Å². The fourth-order valence-corrected chi connectivity index (χ4v) is 1.86. The molecule has 1 amide bonds. The van der Waals surface area contributed by atoms with Gasteiger partial charge in [-0.15, -0.1) is 0 Å². The van der Waals surface area contributed by atoms with Gasteiger partial charge in [0.05, 0.1) is 5.56 Å². The van der Waals surface area contributed by atoms with Crippen LogP contribution < -0.4 is 16.4 Å². The Morgan fingerprint density at radius 3 is 2.70 bits per heavy atom. The number of benzene rings is 1. The Bertz CT molecular complexity index is 584. The van der Waals surface area contributed by atoms with E-state index in [9.17, 15) is 4.79 Å². The van der Waals surface area contributed by atoms with Crippen LogP contribution >= 0.6 is 0 Å². The van der Waals surface area contributed by atoms with Crippen molar-refractivity contribution in [2.45, 2.75) is 13.5 Å². The molecule has 20 heavy (non-hydrogen) atoms. The molecule has 0 aliphatic carbocycles. The van der Waals surface area contributed by atoms with Crippen LogP contribution in [0.4, 0.5) is 11.4 Å². The highest BCUT2D eigenvalue weighted by molar-refractivity contribution is 6.00. The number of pyridine rings is 1. The summed E-state index contributed by atoms with van der Waals surface area (Å²) >= 11 is 0. The summed E-state index contributed by atoms with van der Waals surface area (Å²) in [5.41, 5.74) is 8.82. The lowest BCUT2D eigenvalue weighted by Crippen LogP contribution is -2.23. The predicted octanol–water partition coefficient (Wildman–Crippen LogP) is 2.03. The summed E-state index contributed by atoms with van der Waals surface area (Å²) in [5, 5.41) is 6.03. The second kappa shape index (κ2) is 6.56. The van der Waals surface area contributed by atoms with E-state index in [1.165, 1.54) is 0 Å². The third-order valence-corrected chi connectivity index (χ3v) is 2.86. The van der Waals surface area contributed by atoms with Crippen LogP contribution in [0.25, 0.3) is 0 Å². The quantitative estimate of drug-likeness (QED) is 0.726. The lowest BCUT2D eigenvalue weighted by Gasteiger charge is -2.12. The Labute approximate surface area is 118 Å².